The highest BCUT2D eigenvalue weighted by Crippen LogP contribution is 2.17. The van der Waals surface area contributed by atoms with Crippen LogP contribution in [0.3, 0.4) is 0 Å². The fourth-order valence-electron chi connectivity index (χ4n) is 1.88. The number of morpholine rings is 1. The lowest BCUT2D eigenvalue weighted by atomic mass is 10.2. The molecule has 5 nitrogen and oxygen atoms in total. The number of nitrogens with two attached hydrogens (primary N) is 1. The molecule has 2 heterocycles. The summed E-state index contributed by atoms with van der Waals surface area (Å²) in [4.78, 5) is 11.1. The molecule has 1 saturated heterocycles. The fraction of sp³-hybridized carbons (Fsp3) is 0.545. The molecule has 0 aliphatic carbocycles. The monoisotopic (exact) mass is 252 g/mol. The number of hydrogen-bond acceptors (Lipinski definition) is 5. The van der Waals surface area contributed by atoms with Crippen molar-refractivity contribution in [2.24, 2.45) is 5.73 Å². The normalized spacial score (nSPS) is 20.3. The van der Waals surface area contributed by atoms with Crippen molar-refractivity contribution in [1.29, 1.82) is 0 Å². The summed E-state index contributed by atoms with van der Waals surface area (Å²) in [5.41, 5.74) is 6.19. The molecule has 0 radical (unpaired) electrons. The smallest absolute Gasteiger partial charge is 0.226 e. The van der Waals surface area contributed by atoms with Gasteiger partial charge in [-0.15, -0.1) is 0 Å². The second kappa shape index (κ2) is 5.37. The molecular weight excluding hydrogens is 236 g/mol. The summed E-state index contributed by atoms with van der Waals surface area (Å²) in [6.45, 7) is 4.36. The van der Waals surface area contributed by atoms with Gasteiger partial charge < -0.3 is 15.4 Å². The van der Waals surface area contributed by atoms with Crippen LogP contribution in [0.15, 0.2) is 12.3 Å². The number of nitrogens with zero attached hydrogens (tertiary/aromatic N) is 3. The number of thiocarbonyl (C=S) groups is 1. The maximum absolute atomic E-state index is 5.58. The van der Waals surface area contributed by atoms with Gasteiger partial charge in [-0.2, -0.15) is 0 Å². The minimum Gasteiger partial charge on any atom is -0.388 e. The SMILES string of the molecule is CCC1COCCN1c1nccc(C(N)=S)n1. The van der Waals surface area contributed by atoms with Gasteiger partial charge in [-0.05, 0) is 12.5 Å². The van der Waals surface area contributed by atoms with E-state index in [0.717, 1.165) is 19.6 Å². The summed E-state index contributed by atoms with van der Waals surface area (Å²) in [5.74, 6) is 0.686. The minimum absolute atomic E-state index is 0.301. The molecular formula is C11H16N4OS. The van der Waals surface area contributed by atoms with Crippen molar-refractivity contribution >= 4 is 23.2 Å². The molecule has 1 aromatic rings. The van der Waals surface area contributed by atoms with Gasteiger partial charge in [0.25, 0.3) is 0 Å². The maximum atomic E-state index is 5.58. The van der Waals surface area contributed by atoms with E-state index in [1.54, 1.807) is 12.3 Å². The van der Waals surface area contributed by atoms with Crippen molar-refractivity contribution in [2.45, 2.75) is 19.4 Å². The standard InChI is InChI=1S/C11H16N4OS/c1-2-8-7-16-6-5-15(8)11-13-4-3-9(14-11)10(12)17/h3-4,8H,2,5-7H2,1H3,(H2,12,17). The summed E-state index contributed by atoms with van der Waals surface area (Å²) in [6.07, 6.45) is 2.69. The zero-order valence-electron chi connectivity index (χ0n) is 9.80. The average Bonchev–Trinajstić information content (AvgIpc) is 2.39. The van der Waals surface area contributed by atoms with Crippen molar-refractivity contribution in [3.05, 3.63) is 18.0 Å². The van der Waals surface area contributed by atoms with Gasteiger partial charge in [0.15, 0.2) is 0 Å². The first kappa shape index (κ1) is 12.2. The number of rotatable bonds is 3. The predicted molar refractivity (Wildman–Crippen MR) is 70.2 cm³/mol. The van der Waals surface area contributed by atoms with Gasteiger partial charge >= 0.3 is 0 Å². The summed E-state index contributed by atoms with van der Waals surface area (Å²) >= 11 is 4.93. The van der Waals surface area contributed by atoms with Gasteiger partial charge in [0.2, 0.25) is 5.95 Å². The Balaban J connectivity index is 2.25. The molecule has 2 N–H and O–H groups in total. The van der Waals surface area contributed by atoms with Crippen LogP contribution in [-0.4, -0.2) is 40.8 Å². The average molecular weight is 252 g/mol. The van der Waals surface area contributed by atoms with Crippen LogP contribution in [-0.2, 0) is 4.74 Å². The third-order valence-corrected chi connectivity index (χ3v) is 3.06. The zero-order chi connectivity index (χ0) is 12.3. The van der Waals surface area contributed by atoms with Crippen LogP contribution >= 0.6 is 12.2 Å². The van der Waals surface area contributed by atoms with Crippen LogP contribution < -0.4 is 10.6 Å². The molecule has 1 aliphatic rings. The zero-order valence-corrected chi connectivity index (χ0v) is 10.6. The molecule has 0 spiro atoms. The Morgan fingerprint density at radius 1 is 1.71 bits per heavy atom. The molecule has 17 heavy (non-hydrogen) atoms. The van der Waals surface area contributed by atoms with Crippen LogP contribution in [0.25, 0.3) is 0 Å². The van der Waals surface area contributed by atoms with Crippen molar-refractivity contribution < 1.29 is 4.74 Å². The Labute approximate surface area is 106 Å². The van der Waals surface area contributed by atoms with E-state index in [1.807, 2.05) is 0 Å². The first-order valence-corrected chi connectivity index (χ1v) is 6.10. The van der Waals surface area contributed by atoms with Gasteiger partial charge in [-0.3, -0.25) is 0 Å². The van der Waals surface area contributed by atoms with Gasteiger partial charge in [0, 0.05) is 12.7 Å². The molecule has 1 aliphatic heterocycles. The van der Waals surface area contributed by atoms with E-state index < -0.39 is 0 Å². The van der Waals surface area contributed by atoms with Gasteiger partial charge in [-0.25, -0.2) is 9.97 Å². The molecule has 1 aromatic heterocycles. The van der Waals surface area contributed by atoms with E-state index in [1.165, 1.54) is 0 Å². The number of hydrogen-bond donors (Lipinski definition) is 1. The number of anilines is 1. The molecule has 92 valence electrons. The third kappa shape index (κ3) is 2.70. The molecule has 6 heteroatoms. The van der Waals surface area contributed by atoms with E-state index in [4.69, 9.17) is 22.7 Å². The lowest BCUT2D eigenvalue weighted by molar-refractivity contribution is 0.0921. The van der Waals surface area contributed by atoms with Crippen LogP contribution in [0.5, 0.6) is 0 Å². The predicted octanol–water partition coefficient (Wildman–Crippen LogP) is 0.726. The lowest BCUT2D eigenvalue weighted by Gasteiger charge is -2.35. The molecule has 0 aromatic carbocycles. The summed E-state index contributed by atoms with van der Waals surface area (Å²) in [5, 5.41) is 0. The first-order chi connectivity index (χ1) is 8.22. The van der Waals surface area contributed by atoms with Crippen molar-refractivity contribution in [2.75, 3.05) is 24.7 Å². The molecule has 0 saturated carbocycles. The van der Waals surface area contributed by atoms with Crippen LogP contribution in [0.2, 0.25) is 0 Å². The quantitative estimate of drug-likeness (QED) is 0.800. The summed E-state index contributed by atoms with van der Waals surface area (Å²) in [7, 11) is 0. The van der Waals surface area contributed by atoms with Gasteiger partial charge in [0.1, 0.15) is 10.7 Å². The minimum atomic E-state index is 0.301. The van der Waals surface area contributed by atoms with Crippen LogP contribution in [0.1, 0.15) is 19.0 Å². The van der Waals surface area contributed by atoms with Gasteiger partial charge in [-0.1, -0.05) is 19.1 Å². The van der Waals surface area contributed by atoms with Crippen molar-refractivity contribution in [3.63, 3.8) is 0 Å². The third-order valence-electron chi connectivity index (χ3n) is 2.85. The summed E-state index contributed by atoms with van der Waals surface area (Å²) in [6, 6.07) is 2.05. The highest BCUT2D eigenvalue weighted by Gasteiger charge is 2.23. The molecule has 0 amide bonds. The van der Waals surface area contributed by atoms with E-state index >= 15 is 0 Å². The fourth-order valence-corrected chi connectivity index (χ4v) is 1.99. The largest absolute Gasteiger partial charge is 0.388 e. The Hall–Kier alpha value is -1.27. The molecule has 1 fully saturated rings. The molecule has 1 unspecified atom stereocenters. The first-order valence-electron chi connectivity index (χ1n) is 5.69. The molecule has 1 atom stereocenters. The van der Waals surface area contributed by atoms with E-state index in [9.17, 15) is 0 Å². The topological polar surface area (TPSA) is 64.3 Å². The molecule has 2 rings (SSSR count). The number of aromatic nitrogens is 2. The lowest BCUT2D eigenvalue weighted by Crippen LogP contribution is -2.46. The number of ether oxygens (including phenoxy) is 1. The Kier molecular flexibility index (Phi) is 3.86. The highest BCUT2D eigenvalue weighted by molar-refractivity contribution is 7.80. The van der Waals surface area contributed by atoms with Crippen LogP contribution in [0.4, 0.5) is 5.95 Å². The second-order valence-electron chi connectivity index (χ2n) is 3.94. The van der Waals surface area contributed by atoms with E-state index in [0.29, 0.717) is 29.3 Å². The highest BCUT2D eigenvalue weighted by atomic mass is 32.1. The Morgan fingerprint density at radius 3 is 3.24 bits per heavy atom. The maximum Gasteiger partial charge on any atom is 0.226 e. The van der Waals surface area contributed by atoms with Crippen LogP contribution in [0, 0.1) is 0 Å². The second-order valence-corrected chi connectivity index (χ2v) is 4.38. The van der Waals surface area contributed by atoms with Gasteiger partial charge in [0.05, 0.1) is 19.3 Å². The van der Waals surface area contributed by atoms with Crippen molar-refractivity contribution in [3.8, 4) is 0 Å². The Morgan fingerprint density at radius 2 is 2.53 bits per heavy atom. The van der Waals surface area contributed by atoms with E-state index in [-0.39, 0.29) is 0 Å². The summed E-state index contributed by atoms with van der Waals surface area (Å²) < 4.78 is 5.45. The van der Waals surface area contributed by atoms with Crippen molar-refractivity contribution in [1.82, 2.24) is 9.97 Å². The Bertz CT molecular complexity index is 412. The molecule has 0 bridgehead atoms. The van der Waals surface area contributed by atoms with E-state index in [2.05, 4.69) is 21.8 Å².